The molecule has 0 aromatic heterocycles. The second-order valence-electron chi connectivity index (χ2n) is 10.5. The quantitative estimate of drug-likeness (QED) is 0.120. The van der Waals surface area contributed by atoms with Crippen LogP contribution in [0, 0.1) is 62.4 Å². The van der Waals surface area contributed by atoms with E-state index < -0.39 is 15.8 Å². The van der Waals surface area contributed by atoms with Gasteiger partial charge in [0.25, 0.3) is 0 Å². The van der Waals surface area contributed by atoms with E-state index in [0.717, 1.165) is 6.42 Å². The van der Waals surface area contributed by atoms with Crippen LogP contribution in [0.3, 0.4) is 0 Å². The molecular weight excluding hydrogens is 530 g/mol. The summed E-state index contributed by atoms with van der Waals surface area (Å²) in [7, 11) is -1.26. The van der Waals surface area contributed by atoms with E-state index in [2.05, 4.69) is 166 Å². The molecule has 0 unspecified atom stereocenters. The normalized spacial score (nSPS) is 17.5. The predicted molar refractivity (Wildman–Crippen MR) is 180 cm³/mol. The lowest BCUT2D eigenvalue weighted by atomic mass is 9.95. The molecule has 2 aliphatic carbocycles. The van der Waals surface area contributed by atoms with Crippen LogP contribution in [0.4, 0.5) is 0 Å². The number of unbranched alkanes of at least 4 members (excludes halogenated alkanes) is 1. The SMILES string of the molecule is [CH]1[CH][CH][C](CCCC[C@H]([C]2[CH][CH][CH][C]2P(c2ccccc2)c2ccccc2)P(c2ccccc2)c2ccccc2)[CH]1. The maximum Gasteiger partial charge on any atom is 0.0201 e. The van der Waals surface area contributed by atoms with Crippen LogP contribution in [0.1, 0.15) is 25.7 Å². The molecule has 6 rings (SSSR count). The van der Waals surface area contributed by atoms with E-state index in [9.17, 15) is 0 Å². The van der Waals surface area contributed by atoms with Crippen molar-refractivity contribution in [3.8, 4) is 0 Å². The Hall–Kier alpha value is -2.26. The van der Waals surface area contributed by atoms with E-state index in [1.807, 2.05) is 0 Å². The zero-order chi connectivity index (χ0) is 27.7. The van der Waals surface area contributed by atoms with Crippen LogP contribution in [0.15, 0.2) is 121 Å². The van der Waals surface area contributed by atoms with Crippen LogP contribution in [-0.2, 0) is 0 Å². The monoisotopic (exact) mass is 566 g/mol. The third-order valence-electron chi connectivity index (χ3n) is 7.76. The fourth-order valence-electron chi connectivity index (χ4n) is 5.85. The molecule has 0 aliphatic heterocycles. The summed E-state index contributed by atoms with van der Waals surface area (Å²) in [6, 6.07) is 44.9. The van der Waals surface area contributed by atoms with E-state index in [0.29, 0.717) is 5.66 Å². The fourth-order valence-corrected chi connectivity index (χ4v) is 11.4. The minimum atomic E-state index is -0.663. The summed E-state index contributed by atoms with van der Waals surface area (Å²) in [5.74, 6) is 3.00. The van der Waals surface area contributed by atoms with Crippen molar-refractivity contribution in [3.05, 3.63) is 184 Å². The first kappa shape index (κ1) is 28.8. The molecule has 2 heteroatoms. The molecule has 2 saturated carbocycles. The molecule has 10 radical (unpaired) electrons. The number of hydrogen-bond acceptors (Lipinski definition) is 0. The second-order valence-corrected chi connectivity index (χ2v) is 15.1. The standard InChI is InChI=1S/C39H36P2/c1-5-21-33(22-6-1)40(34-23-7-2-8-24-34)38(30-16-15-20-32-18-13-14-19-32)37-29-17-31-39(37)41(35-25-9-3-10-26-35)36-27-11-4-12-28-36/h1-14,17-19,21-29,31,38H,15-16,20,30H2/t38-/m1/s1. The lowest BCUT2D eigenvalue weighted by Gasteiger charge is -2.38. The van der Waals surface area contributed by atoms with Gasteiger partial charge in [-0.25, -0.2) is 0 Å². The zero-order valence-corrected chi connectivity index (χ0v) is 25.2. The van der Waals surface area contributed by atoms with Gasteiger partial charge in [-0.2, -0.15) is 0 Å². The number of hydrogen-bond donors (Lipinski definition) is 0. The van der Waals surface area contributed by atoms with Gasteiger partial charge in [-0.1, -0.05) is 134 Å². The van der Waals surface area contributed by atoms with Gasteiger partial charge in [-0.15, -0.1) is 0 Å². The third kappa shape index (κ3) is 7.22. The van der Waals surface area contributed by atoms with Crippen LogP contribution in [0.5, 0.6) is 0 Å². The Morgan fingerprint density at radius 1 is 0.463 bits per heavy atom. The van der Waals surface area contributed by atoms with Crippen molar-refractivity contribution in [2.24, 2.45) is 0 Å². The highest BCUT2D eigenvalue weighted by Gasteiger charge is 2.44. The first-order valence-electron chi connectivity index (χ1n) is 14.6. The molecule has 4 aromatic rings. The summed E-state index contributed by atoms with van der Waals surface area (Å²) in [5, 5.41) is 5.76. The smallest absolute Gasteiger partial charge is 0.0201 e. The molecular formula is C39H36P2. The lowest BCUT2D eigenvalue weighted by Crippen LogP contribution is -2.30. The van der Waals surface area contributed by atoms with Gasteiger partial charge in [0.05, 0.1) is 0 Å². The maximum atomic E-state index is 2.44. The summed E-state index contributed by atoms with van der Waals surface area (Å²) < 4.78 is 0. The van der Waals surface area contributed by atoms with Crippen molar-refractivity contribution in [3.63, 3.8) is 0 Å². The average molecular weight is 567 g/mol. The fraction of sp³-hybridized carbons (Fsp3) is 0.128. The minimum absolute atomic E-state index is 0.442. The molecule has 4 aromatic carbocycles. The van der Waals surface area contributed by atoms with Gasteiger partial charge in [-0.3, -0.25) is 0 Å². The Morgan fingerprint density at radius 3 is 1.46 bits per heavy atom. The minimum Gasteiger partial charge on any atom is -0.0622 e. The van der Waals surface area contributed by atoms with E-state index >= 15 is 0 Å². The summed E-state index contributed by atoms with van der Waals surface area (Å²) in [6.45, 7) is 0. The molecule has 0 amide bonds. The Kier molecular flexibility index (Phi) is 10.4. The molecule has 2 fully saturated rings. The van der Waals surface area contributed by atoms with Crippen LogP contribution in [0.2, 0.25) is 0 Å². The van der Waals surface area contributed by atoms with Gasteiger partial charge in [0.2, 0.25) is 0 Å². The Bertz CT molecular complexity index is 1210. The third-order valence-corrected chi connectivity index (χ3v) is 13.1. The summed E-state index contributed by atoms with van der Waals surface area (Å²) >= 11 is 0. The second kappa shape index (κ2) is 14.8. The van der Waals surface area contributed by atoms with Gasteiger partial charge in [0.1, 0.15) is 0 Å². The molecule has 0 saturated heterocycles. The van der Waals surface area contributed by atoms with Gasteiger partial charge >= 0.3 is 0 Å². The van der Waals surface area contributed by atoms with Gasteiger partial charge in [0, 0.05) is 5.66 Å². The molecule has 0 heterocycles. The van der Waals surface area contributed by atoms with Gasteiger partial charge < -0.3 is 0 Å². The molecule has 0 N–H and O–H groups in total. The molecule has 0 bridgehead atoms. The molecule has 0 spiro atoms. The van der Waals surface area contributed by atoms with Gasteiger partial charge in [0.15, 0.2) is 0 Å². The van der Waals surface area contributed by atoms with Crippen LogP contribution in [0.25, 0.3) is 0 Å². The van der Waals surface area contributed by atoms with Gasteiger partial charge in [-0.05, 0) is 112 Å². The van der Waals surface area contributed by atoms with Crippen molar-refractivity contribution in [1.29, 1.82) is 0 Å². The van der Waals surface area contributed by atoms with Crippen molar-refractivity contribution >= 4 is 37.1 Å². The van der Waals surface area contributed by atoms with E-state index in [1.54, 1.807) is 0 Å². The Balaban J connectivity index is 1.36. The Labute approximate surface area is 251 Å². The largest absolute Gasteiger partial charge is 0.0622 e. The predicted octanol–water partition coefficient (Wildman–Crippen LogP) is 8.32. The first-order chi connectivity index (χ1) is 20.4. The van der Waals surface area contributed by atoms with Crippen LogP contribution < -0.4 is 21.2 Å². The number of benzene rings is 4. The summed E-state index contributed by atoms with van der Waals surface area (Å²) in [4.78, 5) is 0. The first-order valence-corrected chi connectivity index (χ1v) is 17.4. The lowest BCUT2D eigenvalue weighted by molar-refractivity contribution is 0.651. The van der Waals surface area contributed by atoms with E-state index in [4.69, 9.17) is 0 Å². The van der Waals surface area contributed by atoms with Crippen molar-refractivity contribution in [2.75, 3.05) is 0 Å². The Morgan fingerprint density at radius 2 is 0.951 bits per heavy atom. The topological polar surface area (TPSA) is 0 Å². The summed E-state index contributed by atoms with van der Waals surface area (Å²) in [6.07, 6.45) is 20.8. The van der Waals surface area contributed by atoms with Crippen molar-refractivity contribution < 1.29 is 0 Å². The van der Waals surface area contributed by atoms with E-state index in [-0.39, 0.29) is 0 Å². The average Bonchev–Trinajstić information content (AvgIpc) is 3.74. The van der Waals surface area contributed by atoms with Crippen LogP contribution in [-0.4, -0.2) is 5.66 Å². The molecule has 41 heavy (non-hydrogen) atoms. The molecule has 0 nitrogen and oxygen atoms in total. The van der Waals surface area contributed by atoms with Crippen molar-refractivity contribution in [2.45, 2.75) is 31.3 Å². The van der Waals surface area contributed by atoms with E-state index in [1.165, 1.54) is 58.0 Å². The molecule has 1 atom stereocenters. The highest BCUT2D eigenvalue weighted by molar-refractivity contribution is 7.76. The number of rotatable bonds is 12. The highest BCUT2D eigenvalue weighted by Crippen LogP contribution is 2.62. The molecule has 2 aliphatic rings. The maximum absolute atomic E-state index is 2.44. The van der Waals surface area contributed by atoms with Crippen LogP contribution >= 0.6 is 15.8 Å². The molecule has 202 valence electrons. The zero-order valence-electron chi connectivity index (χ0n) is 23.4. The van der Waals surface area contributed by atoms with Crippen molar-refractivity contribution in [1.82, 2.24) is 0 Å². The summed E-state index contributed by atoms with van der Waals surface area (Å²) in [5.41, 5.74) is 1.95. The highest BCUT2D eigenvalue weighted by atomic mass is 31.1.